The van der Waals surface area contributed by atoms with Crippen molar-refractivity contribution in [3.63, 3.8) is 0 Å². The number of fused-ring (bicyclic) bond motifs is 7. The third-order valence-electron chi connectivity index (χ3n) is 14.2. The lowest BCUT2D eigenvalue weighted by Crippen LogP contribution is -2.69. The highest BCUT2D eigenvalue weighted by molar-refractivity contribution is 6.00. The van der Waals surface area contributed by atoms with Crippen LogP contribution in [0.15, 0.2) is 35.7 Å². The number of amides is 2. The van der Waals surface area contributed by atoms with Crippen molar-refractivity contribution in [2.75, 3.05) is 0 Å². The summed E-state index contributed by atoms with van der Waals surface area (Å²) in [7, 11) is 0. The van der Waals surface area contributed by atoms with E-state index in [0.717, 1.165) is 31.2 Å². The van der Waals surface area contributed by atoms with E-state index < -0.39 is 0 Å². The van der Waals surface area contributed by atoms with E-state index in [0.29, 0.717) is 36.0 Å². The molecule has 6 rings (SSSR count). The fraction of sp³-hybridized carbons (Fsp3) is 0.757. The number of urea groups is 1. The lowest BCUT2D eigenvalue weighted by molar-refractivity contribution is -0.219. The van der Waals surface area contributed by atoms with Crippen LogP contribution in [0.2, 0.25) is 0 Å². The predicted octanol–water partition coefficient (Wildman–Crippen LogP) is 8.25. The standard InChI is InChI=1S/C37H55N3O2/c1-23(2)30-26(41)20-34(5)17-18-35(6)25(31(30)34)11-12-28-36(35,7)16-13-27-33(3,4)15-14-29(37(27,28)8)40-32(42)39-22-24-10-9-19-38-21-24/h9-10,19,21,23,25,27-29H,11-18,20,22H2,1-8H3,(H2,39,40,42)/t25-,27+,28+,29?,34+,35-,36-,37+/m1/s1. The highest BCUT2D eigenvalue weighted by Gasteiger charge is 2.70. The molecule has 5 aliphatic rings. The highest BCUT2D eigenvalue weighted by atomic mass is 16.2. The summed E-state index contributed by atoms with van der Waals surface area (Å²) in [4.78, 5) is 31.0. The van der Waals surface area contributed by atoms with Gasteiger partial charge in [-0.3, -0.25) is 9.78 Å². The molecule has 1 aromatic heterocycles. The van der Waals surface area contributed by atoms with Crippen molar-refractivity contribution in [2.45, 2.75) is 126 Å². The van der Waals surface area contributed by atoms with Crippen molar-refractivity contribution >= 4 is 11.8 Å². The predicted molar refractivity (Wildman–Crippen MR) is 168 cm³/mol. The second-order valence-corrected chi connectivity index (χ2v) is 16.9. The summed E-state index contributed by atoms with van der Waals surface area (Å²) in [5, 5.41) is 6.68. The second-order valence-electron chi connectivity index (χ2n) is 16.9. The third kappa shape index (κ3) is 4.18. The monoisotopic (exact) mass is 573 g/mol. The number of hydrogen-bond donors (Lipinski definition) is 2. The van der Waals surface area contributed by atoms with Crippen LogP contribution < -0.4 is 10.6 Å². The molecule has 0 bridgehead atoms. The molecule has 5 heteroatoms. The van der Waals surface area contributed by atoms with Crippen molar-refractivity contribution in [2.24, 2.45) is 50.7 Å². The van der Waals surface area contributed by atoms with Gasteiger partial charge in [-0.2, -0.15) is 0 Å². The van der Waals surface area contributed by atoms with Gasteiger partial charge in [-0.25, -0.2) is 4.79 Å². The Labute approximate surface area is 254 Å². The van der Waals surface area contributed by atoms with Gasteiger partial charge < -0.3 is 10.6 Å². The molecule has 2 N–H and O–H groups in total. The average molecular weight is 574 g/mol. The first kappa shape index (κ1) is 29.9. The van der Waals surface area contributed by atoms with Crippen LogP contribution in [0.3, 0.4) is 0 Å². The van der Waals surface area contributed by atoms with Crippen molar-refractivity contribution in [3.05, 3.63) is 41.2 Å². The molecule has 0 spiro atoms. The molecule has 1 aromatic rings. The Kier molecular flexibility index (Phi) is 7.06. The Morgan fingerprint density at radius 2 is 1.71 bits per heavy atom. The van der Waals surface area contributed by atoms with Crippen LogP contribution in [0.5, 0.6) is 0 Å². The topological polar surface area (TPSA) is 71.1 Å². The largest absolute Gasteiger partial charge is 0.335 e. The number of nitrogens with one attached hydrogen (secondary N) is 2. The normalized spacial score (nSPS) is 42.4. The Morgan fingerprint density at radius 3 is 2.40 bits per heavy atom. The number of ketones is 1. The molecular weight excluding hydrogens is 518 g/mol. The second kappa shape index (κ2) is 9.92. The molecule has 0 radical (unpaired) electrons. The Bertz CT molecular complexity index is 1280. The summed E-state index contributed by atoms with van der Waals surface area (Å²) in [6, 6.07) is 4.02. The smallest absolute Gasteiger partial charge is 0.315 e. The van der Waals surface area contributed by atoms with Crippen molar-refractivity contribution < 1.29 is 9.59 Å². The summed E-state index contributed by atoms with van der Waals surface area (Å²) in [5.74, 6) is 2.33. The number of Topliss-reactive ketones (excluding diaryl/α,β-unsaturated/α-hetero) is 1. The van der Waals surface area contributed by atoms with E-state index in [4.69, 9.17) is 0 Å². The molecule has 5 aliphatic carbocycles. The third-order valence-corrected chi connectivity index (χ3v) is 14.2. The van der Waals surface area contributed by atoms with Crippen molar-refractivity contribution in [3.8, 4) is 0 Å². The van der Waals surface area contributed by atoms with Crippen LogP contribution in [0.4, 0.5) is 4.79 Å². The number of pyridine rings is 1. The van der Waals surface area contributed by atoms with Gasteiger partial charge in [-0.05, 0) is 119 Å². The van der Waals surface area contributed by atoms with Gasteiger partial charge in [0.25, 0.3) is 0 Å². The molecule has 0 aromatic carbocycles. The molecular formula is C37H55N3O2. The van der Waals surface area contributed by atoms with Crippen LogP contribution in [0, 0.1) is 50.7 Å². The molecule has 4 fully saturated rings. The first-order valence-corrected chi connectivity index (χ1v) is 16.9. The lowest BCUT2D eigenvalue weighted by atomic mass is 9.32. The van der Waals surface area contributed by atoms with Crippen molar-refractivity contribution in [1.29, 1.82) is 0 Å². The zero-order valence-corrected chi connectivity index (χ0v) is 27.5. The lowest BCUT2D eigenvalue weighted by Gasteiger charge is -2.72. The van der Waals surface area contributed by atoms with Gasteiger partial charge in [-0.1, -0.05) is 67.0 Å². The minimum atomic E-state index is -0.0552. The Balaban J connectivity index is 1.34. The van der Waals surface area contributed by atoms with Crippen LogP contribution in [0.25, 0.3) is 0 Å². The van der Waals surface area contributed by atoms with E-state index in [1.165, 1.54) is 37.7 Å². The SMILES string of the molecule is CC(C)C1=C2[C@H]3CC[C@@H]4[C@@]5(C)C(NC(=O)NCc6cccnc6)CCC(C)(C)[C@@H]5CC[C@@]4(C)[C@]3(C)CC[C@@]2(C)CC1=O. The van der Waals surface area contributed by atoms with Gasteiger partial charge in [0.15, 0.2) is 5.78 Å². The number of allylic oxidation sites excluding steroid dienone is 2. The zero-order chi connectivity index (χ0) is 30.3. The summed E-state index contributed by atoms with van der Waals surface area (Å²) >= 11 is 0. The van der Waals surface area contributed by atoms with Gasteiger partial charge in [0.1, 0.15) is 0 Å². The quantitative estimate of drug-likeness (QED) is 0.381. The number of carbonyl (C=O) groups is 2. The van der Waals surface area contributed by atoms with E-state index in [9.17, 15) is 9.59 Å². The van der Waals surface area contributed by atoms with Crippen LogP contribution in [-0.2, 0) is 11.3 Å². The highest BCUT2D eigenvalue weighted by Crippen LogP contribution is 2.76. The van der Waals surface area contributed by atoms with Gasteiger partial charge in [0, 0.05) is 31.4 Å². The van der Waals surface area contributed by atoms with Gasteiger partial charge >= 0.3 is 6.03 Å². The molecule has 5 nitrogen and oxygen atoms in total. The number of aromatic nitrogens is 1. The molecule has 1 unspecified atom stereocenters. The maximum Gasteiger partial charge on any atom is 0.315 e. The van der Waals surface area contributed by atoms with Gasteiger partial charge in [-0.15, -0.1) is 0 Å². The molecule has 230 valence electrons. The number of nitrogens with zero attached hydrogens (tertiary/aromatic N) is 1. The van der Waals surface area contributed by atoms with Crippen LogP contribution in [-0.4, -0.2) is 22.8 Å². The summed E-state index contributed by atoms with van der Waals surface area (Å²) in [5.41, 5.74) is 4.42. The number of carbonyl (C=O) groups excluding carboxylic acids is 2. The fourth-order valence-corrected chi connectivity index (χ4v) is 12.0. The van der Waals surface area contributed by atoms with E-state index >= 15 is 0 Å². The molecule has 0 aliphatic heterocycles. The Morgan fingerprint density at radius 1 is 0.952 bits per heavy atom. The summed E-state index contributed by atoms with van der Waals surface area (Å²) in [6.07, 6.45) is 13.7. The molecule has 4 saturated carbocycles. The number of hydrogen-bond acceptors (Lipinski definition) is 3. The minimum absolute atomic E-state index is 0.0237. The maximum absolute atomic E-state index is 13.4. The first-order chi connectivity index (χ1) is 19.7. The minimum Gasteiger partial charge on any atom is -0.335 e. The van der Waals surface area contributed by atoms with E-state index in [1.807, 2.05) is 18.3 Å². The van der Waals surface area contributed by atoms with Crippen molar-refractivity contribution in [1.82, 2.24) is 15.6 Å². The molecule has 42 heavy (non-hydrogen) atoms. The zero-order valence-electron chi connectivity index (χ0n) is 27.5. The first-order valence-electron chi connectivity index (χ1n) is 16.9. The molecule has 1 heterocycles. The fourth-order valence-electron chi connectivity index (χ4n) is 12.0. The van der Waals surface area contributed by atoms with E-state index in [2.05, 4.69) is 71.0 Å². The van der Waals surface area contributed by atoms with E-state index in [-0.39, 0.29) is 39.1 Å². The van der Waals surface area contributed by atoms with Gasteiger partial charge in [0.2, 0.25) is 0 Å². The van der Waals surface area contributed by atoms with Crippen LogP contribution >= 0.6 is 0 Å². The van der Waals surface area contributed by atoms with Crippen LogP contribution in [0.1, 0.15) is 119 Å². The van der Waals surface area contributed by atoms with E-state index in [1.54, 1.807) is 11.8 Å². The van der Waals surface area contributed by atoms with Gasteiger partial charge in [0.05, 0.1) is 0 Å². The molecule has 2 amide bonds. The molecule has 0 saturated heterocycles. The summed E-state index contributed by atoms with van der Waals surface area (Å²) < 4.78 is 0. The average Bonchev–Trinajstić information content (AvgIpc) is 3.20. The maximum atomic E-state index is 13.4. The Hall–Kier alpha value is -2.17. The molecule has 8 atom stereocenters. The number of rotatable bonds is 4. The summed E-state index contributed by atoms with van der Waals surface area (Å²) in [6.45, 7) is 20.1.